The van der Waals surface area contributed by atoms with Crippen LogP contribution in [0.25, 0.3) is 0 Å². The lowest BCUT2D eigenvalue weighted by atomic mass is 10.2. The summed E-state index contributed by atoms with van der Waals surface area (Å²) < 4.78 is 44.8. The molecule has 146 valence electrons. The second-order valence-electron chi connectivity index (χ2n) is 5.91. The number of ether oxygens (including phenoxy) is 1. The number of nitrogens with one attached hydrogen (secondary N) is 1. The first-order valence-corrected chi connectivity index (χ1v) is 8.52. The minimum absolute atomic E-state index is 0.0471. The zero-order valence-electron chi connectivity index (χ0n) is 14.6. The number of anilines is 1. The van der Waals surface area contributed by atoms with Crippen LogP contribution in [0.5, 0.6) is 5.75 Å². The number of halogens is 4. The SMILES string of the molecule is Cc1c(Cl)cccc1NC(=O)c1ccn(COc2cccc(C(F)(F)F)c2)n1. The Morgan fingerprint density at radius 3 is 2.71 bits per heavy atom. The molecule has 5 nitrogen and oxygen atoms in total. The van der Waals surface area contributed by atoms with E-state index in [2.05, 4.69) is 10.4 Å². The van der Waals surface area contributed by atoms with Gasteiger partial charge < -0.3 is 10.1 Å². The van der Waals surface area contributed by atoms with Gasteiger partial charge in [0.25, 0.3) is 5.91 Å². The van der Waals surface area contributed by atoms with Crippen molar-refractivity contribution in [3.8, 4) is 5.75 Å². The van der Waals surface area contributed by atoms with E-state index in [1.54, 1.807) is 25.1 Å². The van der Waals surface area contributed by atoms with Gasteiger partial charge in [0, 0.05) is 16.9 Å². The fraction of sp³-hybridized carbons (Fsp3) is 0.158. The third kappa shape index (κ3) is 4.64. The van der Waals surface area contributed by atoms with Crippen LogP contribution >= 0.6 is 11.6 Å². The summed E-state index contributed by atoms with van der Waals surface area (Å²) in [6, 6.07) is 11.2. The highest BCUT2D eigenvalue weighted by Crippen LogP contribution is 2.31. The molecule has 3 aromatic rings. The van der Waals surface area contributed by atoms with Gasteiger partial charge in [0.15, 0.2) is 12.4 Å². The van der Waals surface area contributed by atoms with Gasteiger partial charge in [0.2, 0.25) is 0 Å². The molecule has 0 spiro atoms. The van der Waals surface area contributed by atoms with E-state index in [4.69, 9.17) is 16.3 Å². The molecule has 2 aromatic carbocycles. The van der Waals surface area contributed by atoms with E-state index in [1.165, 1.54) is 29.1 Å². The third-order valence-corrected chi connectivity index (χ3v) is 4.32. The fourth-order valence-electron chi connectivity index (χ4n) is 2.39. The van der Waals surface area contributed by atoms with Crippen LogP contribution in [0.2, 0.25) is 5.02 Å². The van der Waals surface area contributed by atoms with Gasteiger partial charge in [0.1, 0.15) is 5.75 Å². The van der Waals surface area contributed by atoms with E-state index in [0.29, 0.717) is 10.7 Å². The summed E-state index contributed by atoms with van der Waals surface area (Å²) in [5, 5.41) is 7.31. The number of alkyl halides is 3. The molecule has 0 unspecified atom stereocenters. The molecule has 1 heterocycles. The molecule has 1 N–H and O–H groups in total. The van der Waals surface area contributed by atoms with Crippen molar-refractivity contribution < 1.29 is 22.7 Å². The lowest BCUT2D eigenvalue weighted by molar-refractivity contribution is -0.137. The van der Waals surface area contributed by atoms with Crippen molar-refractivity contribution in [2.75, 3.05) is 5.32 Å². The molecule has 9 heteroatoms. The highest BCUT2D eigenvalue weighted by Gasteiger charge is 2.30. The van der Waals surface area contributed by atoms with Crippen molar-refractivity contribution in [3.05, 3.63) is 76.6 Å². The third-order valence-electron chi connectivity index (χ3n) is 3.91. The maximum atomic E-state index is 12.7. The lowest BCUT2D eigenvalue weighted by Gasteiger charge is -2.10. The standard InChI is InChI=1S/C19H15ClF3N3O2/c1-12-15(20)6-3-7-16(12)24-18(27)17-8-9-26(25-17)11-28-14-5-2-4-13(10-14)19(21,22)23/h2-10H,11H2,1H3,(H,24,27). The van der Waals surface area contributed by atoms with Crippen LogP contribution in [0.4, 0.5) is 18.9 Å². The quantitative estimate of drug-likeness (QED) is 0.633. The van der Waals surface area contributed by atoms with Crippen molar-refractivity contribution in [1.29, 1.82) is 0 Å². The average Bonchev–Trinajstić information content (AvgIpc) is 3.12. The number of nitrogens with zero attached hydrogens (tertiary/aromatic N) is 2. The van der Waals surface area contributed by atoms with Crippen LogP contribution in [-0.4, -0.2) is 15.7 Å². The number of hydrogen-bond donors (Lipinski definition) is 1. The highest BCUT2D eigenvalue weighted by atomic mass is 35.5. The topological polar surface area (TPSA) is 56.2 Å². The number of carbonyl (C=O) groups is 1. The Kier molecular flexibility index (Phi) is 5.60. The van der Waals surface area contributed by atoms with Crippen molar-refractivity contribution in [1.82, 2.24) is 9.78 Å². The molecule has 0 bridgehead atoms. The minimum Gasteiger partial charge on any atom is -0.471 e. The number of carbonyl (C=O) groups excluding carboxylic acids is 1. The monoisotopic (exact) mass is 409 g/mol. The zero-order chi connectivity index (χ0) is 20.3. The predicted octanol–water partition coefficient (Wildman–Crippen LogP) is 5.15. The van der Waals surface area contributed by atoms with Crippen LogP contribution in [0, 0.1) is 6.92 Å². The van der Waals surface area contributed by atoms with Crippen LogP contribution in [-0.2, 0) is 12.9 Å². The van der Waals surface area contributed by atoms with Crippen molar-refractivity contribution in [3.63, 3.8) is 0 Å². The Morgan fingerprint density at radius 2 is 1.96 bits per heavy atom. The molecule has 0 saturated heterocycles. The fourth-order valence-corrected chi connectivity index (χ4v) is 2.56. The summed E-state index contributed by atoms with van der Waals surface area (Å²) in [5.41, 5.74) is 0.617. The van der Waals surface area contributed by atoms with Crippen LogP contribution in [0.15, 0.2) is 54.7 Å². The molecular formula is C19H15ClF3N3O2. The van der Waals surface area contributed by atoms with Gasteiger partial charge in [-0.3, -0.25) is 4.79 Å². The predicted molar refractivity (Wildman–Crippen MR) is 98.4 cm³/mol. The smallest absolute Gasteiger partial charge is 0.416 e. The molecule has 3 rings (SSSR count). The van der Waals surface area contributed by atoms with E-state index in [1.807, 2.05) is 0 Å². The van der Waals surface area contributed by atoms with E-state index >= 15 is 0 Å². The summed E-state index contributed by atoms with van der Waals surface area (Å²) >= 11 is 6.03. The molecular weight excluding hydrogens is 395 g/mol. The van der Waals surface area contributed by atoms with Gasteiger partial charge in [-0.05, 0) is 48.9 Å². The first-order valence-electron chi connectivity index (χ1n) is 8.14. The maximum Gasteiger partial charge on any atom is 0.416 e. The molecule has 0 atom stereocenters. The normalized spacial score (nSPS) is 11.3. The molecule has 0 aliphatic heterocycles. The number of hydrogen-bond acceptors (Lipinski definition) is 3. The van der Waals surface area contributed by atoms with Gasteiger partial charge in [-0.25, -0.2) is 4.68 Å². The maximum absolute atomic E-state index is 12.7. The Balaban J connectivity index is 1.64. The number of rotatable bonds is 5. The van der Waals surface area contributed by atoms with Crippen molar-refractivity contribution in [2.45, 2.75) is 19.8 Å². The van der Waals surface area contributed by atoms with E-state index in [9.17, 15) is 18.0 Å². The van der Waals surface area contributed by atoms with E-state index in [-0.39, 0.29) is 18.2 Å². The second kappa shape index (κ2) is 7.93. The Labute approximate surface area is 163 Å². The largest absolute Gasteiger partial charge is 0.471 e. The Bertz CT molecular complexity index is 1000. The molecule has 0 radical (unpaired) electrons. The second-order valence-corrected chi connectivity index (χ2v) is 6.31. The zero-order valence-corrected chi connectivity index (χ0v) is 15.4. The summed E-state index contributed by atoms with van der Waals surface area (Å²) in [4.78, 5) is 12.3. The minimum atomic E-state index is -4.45. The summed E-state index contributed by atoms with van der Waals surface area (Å²) in [7, 11) is 0. The summed E-state index contributed by atoms with van der Waals surface area (Å²) in [5.74, 6) is -0.394. The van der Waals surface area contributed by atoms with Crippen molar-refractivity contribution >= 4 is 23.2 Å². The first kappa shape index (κ1) is 19.8. The molecule has 1 amide bonds. The molecule has 1 aromatic heterocycles. The lowest BCUT2D eigenvalue weighted by Crippen LogP contribution is -2.15. The molecule has 0 saturated carbocycles. The van der Waals surface area contributed by atoms with Gasteiger partial charge in [-0.1, -0.05) is 23.7 Å². The van der Waals surface area contributed by atoms with Gasteiger partial charge in [-0.15, -0.1) is 0 Å². The van der Waals surface area contributed by atoms with E-state index in [0.717, 1.165) is 17.7 Å². The Morgan fingerprint density at radius 1 is 1.21 bits per heavy atom. The molecule has 0 fully saturated rings. The van der Waals surface area contributed by atoms with Gasteiger partial charge in [0.05, 0.1) is 5.56 Å². The van der Waals surface area contributed by atoms with Crippen molar-refractivity contribution in [2.24, 2.45) is 0 Å². The average molecular weight is 410 g/mol. The van der Waals surface area contributed by atoms with Gasteiger partial charge >= 0.3 is 6.18 Å². The molecule has 0 aliphatic carbocycles. The van der Waals surface area contributed by atoms with Crippen LogP contribution in [0.3, 0.4) is 0 Å². The number of amides is 1. The number of benzene rings is 2. The van der Waals surface area contributed by atoms with Gasteiger partial charge in [-0.2, -0.15) is 18.3 Å². The van der Waals surface area contributed by atoms with Crippen LogP contribution < -0.4 is 10.1 Å². The Hall–Kier alpha value is -3.00. The first-order chi connectivity index (χ1) is 13.2. The molecule has 0 aliphatic rings. The number of aromatic nitrogens is 2. The van der Waals surface area contributed by atoms with Crippen LogP contribution in [0.1, 0.15) is 21.6 Å². The highest BCUT2D eigenvalue weighted by molar-refractivity contribution is 6.31. The summed E-state index contributed by atoms with van der Waals surface area (Å²) in [6.07, 6.45) is -2.96. The van der Waals surface area contributed by atoms with E-state index < -0.39 is 17.6 Å². The molecule has 28 heavy (non-hydrogen) atoms. The summed E-state index contributed by atoms with van der Waals surface area (Å²) in [6.45, 7) is 1.63.